The number of alkyl halides is 1. The number of hydrogen-bond acceptors (Lipinski definition) is 3. The zero-order chi connectivity index (χ0) is 13.7. The number of benzene rings is 1. The van der Waals surface area contributed by atoms with Gasteiger partial charge in [0.25, 0.3) is 0 Å². The molecule has 0 aliphatic heterocycles. The van der Waals surface area contributed by atoms with Gasteiger partial charge >= 0.3 is 5.97 Å². The minimum atomic E-state index is -2.11. The fourth-order valence-corrected chi connectivity index (χ4v) is 1.40. The standard InChI is InChI=1S/C13H16F2O3/c1-4-17-13(16)12(15)10-6-5-9(7-11(10)14)18-8(2)3/h5-8,12H,4H2,1-3H3. The molecule has 0 N–H and O–H groups in total. The number of carbonyl (C=O) groups is 1. The van der Waals surface area contributed by atoms with Gasteiger partial charge < -0.3 is 9.47 Å². The van der Waals surface area contributed by atoms with Crippen molar-refractivity contribution in [2.45, 2.75) is 33.0 Å². The van der Waals surface area contributed by atoms with E-state index >= 15 is 0 Å². The highest BCUT2D eigenvalue weighted by Gasteiger charge is 2.24. The Balaban J connectivity index is 2.88. The molecule has 5 heteroatoms. The van der Waals surface area contributed by atoms with Crippen LogP contribution in [0.2, 0.25) is 0 Å². The molecule has 1 aromatic carbocycles. The second-order valence-electron chi connectivity index (χ2n) is 3.96. The zero-order valence-electron chi connectivity index (χ0n) is 10.6. The van der Waals surface area contributed by atoms with Crippen molar-refractivity contribution in [1.29, 1.82) is 0 Å². The Morgan fingerprint density at radius 1 is 1.39 bits per heavy atom. The number of halogens is 2. The van der Waals surface area contributed by atoms with E-state index in [0.29, 0.717) is 5.75 Å². The molecule has 100 valence electrons. The van der Waals surface area contributed by atoms with Gasteiger partial charge in [-0.1, -0.05) is 0 Å². The molecule has 0 spiro atoms. The zero-order valence-corrected chi connectivity index (χ0v) is 10.6. The molecule has 0 radical (unpaired) electrons. The van der Waals surface area contributed by atoms with E-state index in [1.54, 1.807) is 20.8 Å². The number of carbonyl (C=O) groups excluding carboxylic acids is 1. The normalized spacial score (nSPS) is 12.3. The first-order valence-corrected chi connectivity index (χ1v) is 5.72. The van der Waals surface area contributed by atoms with Crippen molar-refractivity contribution >= 4 is 5.97 Å². The number of hydrogen-bond donors (Lipinski definition) is 0. The Labute approximate surface area is 105 Å². The molecule has 0 aromatic heterocycles. The molecule has 0 saturated carbocycles. The Bertz CT molecular complexity index is 419. The lowest BCUT2D eigenvalue weighted by atomic mass is 10.1. The van der Waals surface area contributed by atoms with Crippen LogP contribution in [-0.2, 0) is 9.53 Å². The van der Waals surface area contributed by atoms with Gasteiger partial charge in [-0.25, -0.2) is 13.6 Å². The first-order chi connectivity index (χ1) is 8.45. The summed E-state index contributed by atoms with van der Waals surface area (Å²) in [6.45, 7) is 5.20. The molecule has 1 rings (SSSR count). The van der Waals surface area contributed by atoms with Crippen molar-refractivity contribution in [1.82, 2.24) is 0 Å². The first kappa shape index (κ1) is 14.4. The Kier molecular flexibility index (Phi) is 5.07. The molecular weight excluding hydrogens is 242 g/mol. The number of ether oxygens (including phenoxy) is 2. The number of rotatable bonds is 5. The summed E-state index contributed by atoms with van der Waals surface area (Å²) in [6.07, 6.45) is -2.22. The van der Waals surface area contributed by atoms with Crippen molar-refractivity contribution in [3.8, 4) is 5.75 Å². The molecule has 0 aliphatic carbocycles. The summed E-state index contributed by atoms with van der Waals surface area (Å²) in [5.74, 6) is -1.62. The van der Waals surface area contributed by atoms with E-state index in [1.807, 2.05) is 0 Å². The largest absolute Gasteiger partial charge is 0.491 e. The highest BCUT2D eigenvalue weighted by molar-refractivity contribution is 5.76. The van der Waals surface area contributed by atoms with Gasteiger partial charge in [-0.3, -0.25) is 0 Å². The second-order valence-corrected chi connectivity index (χ2v) is 3.96. The lowest BCUT2D eigenvalue weighted by molar-refractivity contribution is -0.149. The van der Waals surface area contributed by atoms with E-state index in [2.05, 4.69) is 4.74 Å². The maximum Gasteiger partial charge on any atom is 0.345 e. The molecule has 0 amide bonds. The molecule has 0 bridgehead atoms. The fraction of sp³-hybridized carbons (Fsp3) is 0.462. The minimum Gasteiger partial charge on any atom is -0.491 e. The summed E-state index contributed by atoms with van der Waals surface area (Å²) in [5.41, 5.74) is -0.343. The third-order valence-corrected chi connectivity index (χ3v) is 2.11. The van der Waals surface area contributed by atoms with Crippen LogP contribution in [0, 0.1) is 5.82 Å². The molecule has 0 heterocycles. The molecule has 1 unspecified atom stereocenters. The smallest absolute Gasteiger partial charge is 0.345 e. The summed E-state index contributed by atoms with van der Waals surface area (Å²) in [5, 5.41) is 0. The van der Waals surface area contributed by atoms with Crippen molar-refractivity contribution < 1.29 is 23.0 Å². The van der Waals surface area contributed by atoms with Gasteiger partial charge in [0.1, 0.15) is 11.6 Å². The maximum absolute atomic E-state index is 13.6. The van der Waals surface area contributed by atoms with Gasteiger partial charge in [-0.05, 0) is 32.9 Å². The fourth-order valence-electron chi connectivity index (χ4n) is 1.40. The molecule has 18 heavy (non-hydrogen) atoms. The predicted octanol–water partition coefficient (Wildman–Crippen LogP) is 3.19. The monoisotopic (exact) mass is 258 g/mol. The molecule has 3 nitrogen and oxygen atoms in total. The van der Waals surface area contributed by atoms with Crippen molar-refractivity contribution in [3.63, 3.8) is 0 Å². The average Bonchev–Trinajstić information content (AvgIpc) is 2.28. The summed E-state index contributed by atoms with van der Waals surface area (Å²) >= 11 is 0. The van der Waals surface area contributed by atoms with Crippen molar-refractivity contribution in [3.05, 3.63) is 29.6 Å². The Morgan fingerprint density at radius 2 is 2.06 bits per heavy atom. The average molecular weight is 258 g/mol. The van der Waals surface area contributed by atoms with Crippen LogP contribution >= 0.6 is 0 Å². The van der Waals surface area contributed by atoms with Crippen LogP contribution in [0.3, 0.4) is 0 Å². The SMILES string of the molecule is CCOC(=O)C(F)c1ccc(OC(C)C)cc1F. The van der Waals surface area contributed by atoms with Crippen molar-refractivity contribution in [2.75, 3.05) is 6.61 Å². The Morgan fingerprint density at radius 3 is 2.56 bits per heavy atom. The van der Waals surface area contributed by atoms with Gasteiger partial charge in [-0.15, -0.1) is 0 Å². The van der Waals surface area contributed by atoms with Gasteiger partial charge in [0.05, 0.1) is 12.7 Å². The van der Waals surface area contributed by atoms with E-state index < -0.39 is 18.0 Å². The van der Waals surface area contributed by atoms with Crippen LogP contribution in [-0.4, -0.2) is 18.7 Å². The van der Waals surface area contributed by atoms with Crippen LogP contribution in [0.5, 0.6) is 5.75 Å². The van der Waals surface area contributed by atoms with Crippen LogP contribution in [0.1, 0.15) is 32.5 Å². The molecule has 0 saturated heterocycles. The van der Waals surface area contributed by atoms with Gasteiger partial charge in [0.2, 0.25) is 6.17 Å². The van der Waals surface area contributed by atoms with Crippen LogP contribution in [0.4, 0.5) is 8.78 Å². The molecule has 1 aromatic rings. The van der Waals surface area contributed by atoms with Crippen molar-refractivity contribution in [2.24, 2.45) is 0 Å². The van der Waals surface area contributed by atoms with E-state index in [1.165, 1.54) is 12.1 Å². The molecular formula is C13H16F2O3. The van der Waals surface area contributed by atoms with Gasteiger partial charge in [-0.2, -0.15) is 0 Å². The van der Waals surface area contributed by atoms with Crippen LogP contribution < -0.4 is 4.74 Å². The summed E-state index contributed by atoms with van der Waals surface area (Å²) in [6, 6.07) is 3.67. The summed E-state index contributed by atoms with van der Waals surface area (Å²) in [4.78, 5) is 11.2. The summed E-state index contributed by atoms with van der Waals surface area (Å²) in [7, 11) is 0. The maximum atomic E-state index is 13.6. The molecule has 1 atom stereocenters. The molecule has 0 aliphatic rings. The van der Waals surface area contributed by atoms with Gasteiger partial charge in [0.15, 0.2) is 0 Å². The third-order valence-electron chi connectivity index (χ3n) is 2.11. The van der Waals surface area contributed by atoms with Gasteiger partial charge in [0, 0.05) is 11.6 Å². The first-order valence-electron chi connectivity index (χ1n) is 5.72. The number of esters is 1. The quantitative estimate of drug-likeness (QED) is 0.761. The van der Waals surface area contributed by atoms with E-state index in [4.69, 9.17) is 4.74 Å². The van der Waals surface area contributed by atoms with Crippen LogP contribution in [0.15, 0.2) is 18.2 Å². The van der Waals surface area contributed by atoms with E-state index in [0.717, 1.165) is 6.07 Å². The van der Waals surface area contributed by atoms with E-state index in [9.17, 15) is 13.6 Å². The minimum absolute atomic E-state index is 0.0510. The Hall–Kier alpha value is -1.65. The topological polar surface area (TPSA) is 35.5 Å². The lowest BCUT2D eigenvalue weighted by Gasteiger charge is -2.12. The van der Waals surface area contributed by atoms with E-state index in [-0.39, 0.29) is 18.3 Å². The van der Waals surface area contributed by atoms with Crippen LogP contribution in [0.25, 0.3) is 0 Å². The highest BCUT2D eigenvalue weighted by Crippen LogP contribution is 2.26. The summed E-state index contributed by atoms with van der Waals surface area (Å²) < 4.78 is 37.0. The second kappa shape index (κ2) is 6.33. The highest BCUT2D eigenvalue weighted by atomic mass is 19.1. The third kappa shape index (κ3) is 3.68. The molecule has 0 fully saturated rings. The predicted molar refractivity (Wildman–Crippen MR) is 62.6 cm³/mol. The lowest BCUT2D eigenvalue weighted by Crippen LogP contribution is -2.13.